The number of fused-ring (bicyclic) bond motifs is 1. The summed E-state index contributed by atoms with van der Waals surface area (Å²) in [5.41, 5.74) is 7.10. The first-order valence-corrected chi connectivity index (χ1v) is 6.34. The van der Waals surface area contributed by atoms with Crippen molar-refractivity contribution in [2.24, 2.45) is 0 Å². The molecule has 5 heteroatoms. The van der Waals surface area contributed by atoms with Crippen molar-refractivity contribution in [2.45, 2.75) is 0 Å². The van der Waals surface area contributed by atoms with Gasteiger partial charge in [-0.05, 0) is 42.5 Å². The van der Waals surface area contributed by atoms with Crippen LogP contribution in [0.25, 0.3) is 10.9 Å². The average molecular weight is 281 g/mol. The zero-order chi connectivity index (χ0) is 14.8. The summed E-state index contributed by atoms with van der Waals surface area (Å²) in [4.78, 5) is 16.4. The van der Waals surface area contributed by atoms with Crippen LogP contribution >= 0.6 is 0 Å². The molecule has 0 bridgehead atoms. The van der Waals surface area contributed by atoms with Crippen LogP contribution in [0.15, 0.2) is 54.7 Å². The topological polar surface area (TPSA) is 68.0 Å². The van der Waals surface area contributed by atoms with Crippen molar-refractivity contribution in [3.63, 3.8) is 0 Å². The van der Waals surface area contributed by atoms with Gasteiger partial charge in [0.25, 0.3) is 5.91 Å². The molecule has 21 heavy (non-hydrogen) atoms. The van der Waals surface area contributed by atoms with Crippen LogP contribution in [0.2, 0.25) is 0 Å². The summed E-state index contributed by atoms with van der Waals surface area (Å²) in [6, 6.07) is 13.0. The number of nitrogens with one attached hydrogen (secondary N) is 1. The molecule has 0 spiro atoms. The lowest BCUT2D eigenvalue weighted by Gasteiger charge is -2.07. The Morgan fingerprint density at radius 2 is 2.00 bits per heavy atom. The highest BCUT2D eigenvalue weighted by molar-refractivity contribution is 6.06. The van der Waals surface area contributed by atoms with E-state index in [0.29, 0.717) is 11.3 Å². The number of carbonyl (C=O) groups is 1. The number of amides is 1. The van der Waals surface area contributed by atoms with Crippen LogP contribution in [0.5, 0.6) is 0 Å². The summed E-state index contributed by atoms with van der Waals surface area (Å²) < 4.78 is 13.4. The van der Waals surface area contributed by atoms with Crippen LogP contribution in [-0.2, 0) is 0 Å². The molecular weight excluding hydrogens is 269 g/mol. The van der Waals surface area contributed by atoms with E-state index in [0.717, 1.165) is 10.9 Å². The molecule has 4 nitrogen and oxygen atoms in total. The maximum absolute atomic E-state index is 13.4. The van der Waals surface area contributed by atoms with E-state index in [-0.39, 0.29) is 11.6 Å². The number of benzene rings is 2. The van der Waals surface area contributed by atoms with Gasteiger partial charge in [-0.2, -0.15) is 0 Å². The molecule has 0 saturated heterocycles. The Balaban J connectivity index is 1.87. The number of hydrogen-bond donors (Lipinski definition) is 2. The van der Waals surface area contributed by atoms with E-state index >= 15 is 0 Å². The monoisotopic (exact) mass is 281 g/mol. The lowest BCUT2D eigenvalue weighted by Crippen LogP contribution is -2.12. The number of nitrogens with zero attached hydrogens (tertiary/aromatic N) is 1. The Bertz CT molecular complexity index is 833. The smallest absolute Gasteiger partial charge is 0.255 e. The highest BCUT2D eigenvalue weighted by atomic mass is 19.1. The molecule has 1 heterocycles. The summed E-state index contributed by atoms with van der Waals surface area (Å²) in [7, 11) is 0. The Kier molecular flexibility index (Phi) is 3.23. The number of carbonyl (C=O) groups excluding carboxylic acids is 1. The zero-order valence-corrected chi connectivity index (χ0v) is 11.0. The Labute approximate surface area is 120 Å². The summed E-state index contributed by atoms with van der Waals surface area (Å²) in [6.07, 6.45) is 1.69. The van der Waals surface area contributed by atoms with Crippen molar-refractivity contribution in [1.82, 2.24) is 4.98 Å². The van der Waals surface area contributed by atoms with Gasteiger partial charge in [-0.3, -0.25) is 9.78 Å². The molecular formula is C16H12FN3O. The van der Waals surface area contributed by atoms with Gasteiger partial charge in [0, 0.05) is 22.8 Å². The lowest BCUT2D eigenvalue weighted by atomic mass is 10.1. The summed E-state index contributed by atoms with van der Waals surface area (Å²) in [5.74, 6) is -0.875. The largest absolute Gasteiger partial charge is 0.396 e. The molecule has 0 radical (unpaired) electrons. The predicted molar refractivity (Wildman–Crippen MR) is 80.5 cm³/mol. The standard InChI is InChI=1S/C16H12FN3O/c17-13-9-12(4-5-14(13)18)20-16(21)11-3-6-15-10(8-11)2-1-7-19-15/h1-9H,18H2,(H,20,21). The number of aromatic nitrogens is 1. The Morgan fingerprint density at radius 1 is 1.14 bits per heavy atom. The molecule has 0 fully saturated rings. The number of hydrogen-bond acceptors (Lipinski definition) is 3. The molecule has 0 atom stereocenters. The second-order valence-electron chi connectivity index (χ2n) is 4.60. The van der Waals surface area contributed by atoms with Crippen molar-refractivity contribution >= 4 is 28.2 Å². The first-order valence-electron chi connectivity index (χ1n) is 6.34. The quantitative estimate of drug-likeness (QED) is 0.709. The molecule has 3 aromatic rings. The van der Waals surface area contributed by atoms with Gasteiger partial charge >= 0.3 is 0 Å². The fourth-order valence-corrected chi connectivity index (χ4v) is 2.03. The lowest BCUT2D eigenvalue weighted by molar-refractivity contribution is 0.102. The highest BCUT2D eigenvalue weighted by Crippen LogP contribution is 2.18. The van der Waals surface area contributed by atoms with Gasteiger partial charge in [0.1, 0.15) is 5.82 Å². The van der Waals surface area contributed by atoms with E-state index in [2.05, 4.69) is 10.3 Å². The third kappa shape index (κ3) is 2.67. The number of anilines is 2. The normalized spacial score (nSPS) is 10.5. The minimum Gasteiger partial charge on any atom is -0.396 e. The summed E-state index contributed by atoms with van der Waals surface area (Å²) >= 11 is 0. The van der Waals surface area contributed by atoms with E-state index in [1.165, 1.54) is 12.1 Å². The van der Waals surface area contributed by atoms with E-state index in [1.807, 2.05) is 6.07 Å². The van der Waals surface area contributed by atoms with Gasteiger partial charge in [0.15, 0.2) is 0 Å². The molecule has 0 saturated carbocycles. The van der Waals surface area contributed by atoms with Crippen LogP contribution in [0.4, 0.5) is 15.8 Å². The summed E-state index contributed by atoms with van der Waals surface area (Å²) in [5, 5.41) is 3.51. The Hall–Kier alpha value is -2.95. The number of pyridine rings is 1. The van der Waals surface area contributed by atoms with E-state index in [9.17, 15) is 9.18 Å². The fourth-order valence-electron chi connectivity index (χ4n) is 2.03. The highest BCUT2D eigenvalue weighted by Gasteiger charge is 2.08. The van der Waals surface area contributed by atoms with Gasteiger partial charge < -0.3 is 11.1 Å². The number of nitrogen functional groups attached to an aromatic ring is 1. The van der Waals surface area contributed by atoms with Crippen LogP contribution in [0.1, 0.15) is 10.4 Å². The molecule has 1 amide bonds. The maximum atomic E-state index is 13.4. The van der Waals surface area contributed by atoms with Crippen molar-refractivity contribution < 1.29 is 9.18 Å². The molecule has 3 N–H and O–H groups in total. The predicted octanol–water partition coefficient (Wildman–Crippen LogP) is 3.21. The fraction of sp³-hybridized carbons (Fsp3) is 0. The minimum atomic E-state index is -0.560. The molecule has 104 valence electrons. The van der Waals surface area contributed by atoms with Gasteiger partial charge in [0.05, 0.1) is 11.2 Å². The van der Waals surface area contributed by atoms with Crippen molar-refractivity contribution in [3.8, 4) is 0 Å². The van der Waals surface area contributed by atoms with Crippen LogP contribution in [-0.4, -0.2) is 10.9 Å². The van der Waals surface area contributed by atoms with E-state index in [1.54, 1.807) is 36.5 Å². The third-order valence-corrected chi connectivity index (χ3v) is 3.12. The molecule has 0 aliphatic carbocycles. The molecule has 0 aliphatic rings. The second kappa shape index (κ2) is 5.20. The van der Waals surface area contributed by atoms with Crippen LogP contribution in [0, 0.1) is 5.82 Å². The second-order valence-corrected chi connectivity index (χ2v) is 4.60. The van der Waals surface area contributed by atoms with Gasteiger partial charge in [-0.15, -0.1) is 0 Å². The minimum absolute atomic E-state index is 0.0461. The van der Waals surface area contributed by atoms with Gasteiger partial charge in [0.2, 0.25) is 0 Å². The zero-order valence-electron chi connectivity index (χ0n) is 11.0. The first-order chi connectivity index (χ1) is 10.1. The third-order valence-electron chi connectivity index (χ3n) is 3.12. The number of halogens is 1. The number of nitrogens with two attached hydrogens (primary N) is 1. The Morgan fingerprint density at radius 3 is 2.81 bits per heavy atom. The molecule has 0 unspecified atom stereocenters. The molecule has 3 rings (SSSR count). The van der Waals surface area contributed by atoms with E-state index in [4.69, 9.17) is 5.73 Å². The van der Waals surface area contributed by atoms with Gasteiger partial charge in [-0.1, -0.05) is 6.07 Å². The van der Waals surface area contributed by atoms with E-state index < -0.39 is 5.82 Å². The molecule has 0 aliphatic heterocycles. The molecule has 1 aromatic heterocycles. The van der Waals surface area contributed by atoms with Crippen LogP contribution in [0.3, 0.4) is 0 Å². The van der Waals surface area contributed by atoms with Crippen molar-refractivity contribution in [3.05, 3.63) is 66.1 Å². The first kappa shape index (κ1) is 13.1. The maximum Gasteiger partial charge on any atom is 0.255 e. The SMILES string of the molecule is Nc1ccc(NC(=O)c2ccc3ncccc3c2)cc1F. The average Bonchev–Trinajstić information content (AvgIpc) is 2.50. The van der Waals surface area contributed by atoms with Gasteiger partial charge in [-0.25, -0.2) is 4.39 Å². The van der Waals surface area contributed by atoms with Crippen molar-refractivity contribution in [2.75, 3.05) is 11.1 Å². The number of rotatable bonds is 2. The summed E-state index contributed by atoms with van der Waals surface area (Å²) in [6.45, 7) is 0. The molecule has 2 aromatic carbocycles. The van der Waals surface area contributed by atoms with Crippen molar-refractivity contribution in [1.29, 1.82) is 0 Å². The van der Waals surface area contributed by atoms with Crippen LogP contribution < -0.4 is 11.1 Å².